The summed E-state index contributed by atoms with van der Waals surface area (Å²) in [5.74, 6) is 0.428. The highest BCUT2D eigenvalue weighted by molar-refractivity contribution is 7.14. The monoisotopic (exact) mass is 381 g/mol. The number of amides is 2. The second-order valence-corrected chi connectivity index (χ2v) is 7.19. The van der Waals surface area contributed by atoms with Gasteiger partial charge in [0.15, 0.2) is 5.13 Å². The normalized spacial score (nSPS) is 16.9. The van der Waals surface area contributed by atoms with E-state index in [0.717, 1.165) is 29.8 Å². The van der Waals surface area contributed by atoms with E-state index in [2.05, 4.69) is 25.3 Å². The maximum atomic E-state index is 12.7. The molecule has 1 saturated heterocycles. The molecule has 0 bridgehead atoms. The molecule has 0 unspecified atom stereocenters. The predicted octanol–water partition coefficient (Wildman–Crippen LogP) is 2.99. The Kier molecular flexibility index (Phi) is 4.93. The number of nitrogens with zero attached hydrogens (tertiary/aromatic N) is 5. The molecule has 1 aliphatic rings. The molecular weight excluding hydrogens is 362 g/mol. The van der Waals surface area contributed by atoms with Gasteiger partial charge in [-0.25, -0.2) is 19.7 Å². The lowest BCUT2D eigenvalue weighted by atomic mass is 9.95. The van der Waals surface area contributed by atoms with Crippen LogP contribution in [0.3, 0.4) is 0 Å². The summed E-state index contributed by atoms with van der Waals surface area (Å²) in [5.41, 5.74) is 8.30. The first-order valence-corrected chi connectivity index (χ1v) is 9.57. The van der Waals surface area contributed by atoms with E-state index in [1.54, 1.807) is 23.5 Å². The molecule has 8 nitrogen and oxygen atoms in total. The van der Waals surface area contributed by atoms with Crippen LogP contribution in [0.1, 0.15) is 24.5 Å². The molecular formula is C18H19N7OS. The minimum Gasteiger partial charge on any atom is -0.368 e. The second-order valence-electron chi connectivity index (χ2n) is 6.33. The molecule has 1 atom stereocenters. The van der Waals surface area contributed by atoms with Gasteiger partial charge in [-0.05, 0) is 31.0 Å². The second kappa shape index (κ2) is 7.67. The van der Waals surface area contributed by atoms with Gasteiger partial charge in [0, 0.05) is 48.5 Å². The van der Waals surface area contributed by atoms with Crippen molar-refractivity contribution in [1.29, 1.82) is 0 Å². The molecule has 9 heteroatoms. The molecule has 3 N–H and O–H groups in total. The van der Waals surface area contributed by atoms with Crippen molar-refractivity contribution in [2.75, 3.05) is 24.1 Å². The number of piperidine rings is 1. The van der Waals surface area contributed by atoms with Gasteiger partial charge < -0.3 is 10.6 Å². The largest absolute Gasteiger partial charge is 0.368 e. The van der Waals surface area contributed by atoms with Gasteiger partial charge in [0.2, 0.25) is 5.95 Å². The van der Waals surface area contributed by atoms with Gasteiger partial charge in [-0.3, -0.25) is 10.3 Å². The quantitative estimate of drug-likeness (QED) is 0.722. The van der Waals surface area contributed by atoms with Gasteiger partial charge in [0.1, 0.15) is 0 Å². The van der Waals surface area contributed by atoms with Crippen LogP contribution in [-0.4, -0.2) is 44.0 Å². The lowest BCUT2D eigenvalue weighted by Crippen LogP contribution is -2.41. The standard InChI is InChI=1S/C18H19N7OS/c19-16-21-7-5-14(22-16)13-4-2-8-25(10-13)18(26)24-17-23-15(11-27-17)12-3-1-6-20-9-12/h1,3,5-7,9,11,13H,2,4,8,10H2,(H2,19,21,22)(H,23,24,26)/t13-/m1/s1. The zero-order chi connectivity index (χ0) is 18.6. The number of anilines is 2. The lowest BCUT2D eigenvalue weighted by Gasteiger charge is -2.32. The number of hydrogen-bond donors (Lipinski definition) is 2. The number of urea groups is 1. The van der Waals surface area contributed by atoms with E-state index in [9.17, 15) is 4.79 Å². The molecule has 2 amide bonds. The van der Waals surface area contributed by atoms with Crippen molar-refractivity contribution in [2.45, 2.75) is 18.8 Å². The molecule has 3 aromatic rings. The average Bonchev–Trinajstić information content (AvgIpc) is 3.17. The van der Waals surface area contributed by atoms with E-state index in [4.69, 9.17) is 5.73 Å². The molecule has 0 radical (unpaired) electrons. The van der Waals surface area contributed by atoms with Crippen molar-refractivity contribution in [3.63, 3.8) is 0 Å². The summed E-state index contributed by atoms with van der Waals surface area (Å²) >= 11 is 1.40. The van der Waals surface area contributed by atoms with Crippen LogP contribution in [0, 0.1) is 0 Å². The summed E-state index contributed by atoms with van der Waals surface area (Å²) in [5, 5.41) is 5.39. The summed E-state index contributed by atoms with van der Waals surface area (Å²) < 4.78 is 0. The highest BCUT2D eigenvalue weighted by Gasteiger charge is 2.26. The number of likely N-dealkylation sites (tertiary alicyclic amines) is 1. The molecule has 1 fully saturated rings. The van der Waals surface area contributed by atoms with Crippen LogP contribution in [0.25, 0.3) is 11.3 Å². The molecule has 4 heterocycles. The first-order valence-electron chi connectivity index (χ1n) is 8.69. The van der Waals surface area contributed by atoms with E-state index in [1.165, 1.54) is 11.3 Å². The average molecular weight is 381 g/mol. The number of aromatic nitrogens is 4. The molecule has 0 aliphatic carbocycles. The van der Waals surface area contributed by atoms with E-state index in [1.807, 2.05) is 23.6 Å². The molecule has 4 rings (SSSR count). The number of rotatable bonds is 3. The Morgan fingerprint density at radius 2 is 2.22 bits per heavy atom. The lowest BCUT2D eigenvalue weighted by molar-refractivity contribution is 0.192. The molecule has 0 spiro atoms. The number of nitrogens with one attached hydrogen (secondary N) is 1. The Labute approximate surface area is 160 Å². The van der Waals surface area contributed by atoms with Gasteiger partial charge >= 0.3 is 6.03 Å². The number of hydrogen-bond acceptors (Lipinski definition) is 7. The predicted molar refractivity (Wildman–Crippen MR) is 104 cm³/mol. The van der Waals surface area contributed by atoms with Crippen molar-refractivity contribution in [1.82, 2.24) is 24.8 Å². The Bertz CT molecular complexity index is 930. The van der Waals surface area contributed by atoms with Gasteiger partial charge in [-0.1, -0.05) is 0 Å². The molecule has 138 valence electrons. The van der Waals surface area contributed by atoms with Crippen LogP contribution >= 0.6 is 11.3 Å². The fourth-order valence-corrected chi connectivity index (χ4v) is 3.88. The first kappa shape index (κ1) is 17.3. The van der Waals surface area contributed by atoms with Crippen LogP contribution in [-0.2, 0) is 0 Å². The van der Waals surface area contributed by atoms with E-state index >= 15 is 0 Å². The van der Waals surface area contributed by atoms with Crippen LogP contribution < -0.4 is 11.1 Å². The summed E-state index contributed by atoms with van der Waals surface area (Å²) in [7, 11) is 0. The zero-order valence-electron chi connectivity index (χ0n) is 14.6. The fraction of sp³-hybridized carbons (Fsp3) is 0.278. The Morgan fingerprint density at radius 3 is 3.04 bits per heavy atom. The number of nitrogens with two attached hydrogens (primary N) is 1. The van der Waals surface area contributed by atoms with E-state index < -0.39 is 0 Å². The maximum absolute atomic E-state index is 12.7. The maximum Gasteiger partial charge on any atom is 0.323 e. The zero-order valence-corrected chi connectivity index (χ0v) is 15.4. The molecule has 0 saturated carbocycles. The summed E-state index contributed by atoms with van der Waals surface area (Å²) in [6, 6.07) is 5.52. The smallest absolute Gasteiger partial charge is 0.323 e. The number of carbonyl (C=O) groups excluding carboxylic acids is 1. The highest BCUT2D eigenvalue weighted by Crippen LogP contribution is 2.27. The number of nitrogen functional groups attached to an aromatic ring is 1. The summed E-state index contributed by atoms with van der Waals surface area (Å²) in [4.78, 5) is 31.3. The third-order valence-corrected chi connectivity index (χ3v) is 5.26. The third-order valence-electron chi connectivity index (χ3n) is 4.50. The van der Waals surface area contributed by atoms with E-state index in [0.29, 0.717) is 18.2 Å². The molecule has 0 aromatic carbocycles. The Hall–Kier alpha value is -3.07. The minimum absolute atomic E-state index is 0.145. The number of carbonyl (C=O) groups is 1. The van der Waals surface area contributed by atoms with Crippen LogP contribution in [0.5, 0.6) is 0 Å². The van der Waals surface area contributed by atoms with Crippen molar-refractivity contribution in [2.24, 2.45) is 0 Å². The van der Waals surface area contributed by atoms with Crippen LogP contribution in [0.15, 0.2) is 42.2 Å². The Balaban J connectivity index is 1.42. The topological polar surface area (TPSA) is 110 Å². The molecule has 1 aliphatic heterocycles. The number of thiazole rings is 1. The van der Waals surface area contributed by atoms with Gasteiger partial charge in [0.25, 0.3) is 0 Å². The SMILES string of the molecule is Nc1nccc([C@@H]2CCCN(C(=O)Nc3nc(-c4cccnc4)cs3)C2)n1. The van der Waals surface area contributed by atoms with Gasteiger partial charge in [0.05, 0.1) is 11.4 Å². The first-order chi connectivity index (χ1) is 13.2. The molecule has 27 heavy (non-hydrogen) atoms. The van der Waals surface area contributed by atoms with Gasteiger partial charge in [-0.15, -0.1) is 11.3 Å². The van der Waals surface area contributed by atoms with E-state index in [-0.39, 0.29) is 17.9 Å². The Morgan fingerprint density at radius 1 is 1.30 bits per heavy atom. The highest BCUT2D eigenvalue weighted by atomic mass is 32.1. The summed E-state index contributed by atoms with van der Waals surface area (Å²) in [6.07, 6.45) is 7.02. The molecule has 3 aromatic heterocycles. The fourth-order valence-electron chi connectivity index (χ4n) is 3.17. The third kappa shape index (κ3) is 4.03. The van der Waals surface area contributed by atoms with Crippen molar-refractivity contribution in [3.8, 4) is 11.3 Å². The minimum atomic E-state index is -0.145. The van der Waals surface area contributed by atoms with Gasteiger partial charge in [-0.2, -0.15) is 0 Å². The van der Waals surface area contributed by atoms with Crippen LogP contribution in [0.4, 0.5) is 15.9 Å². The van der Waals surface area contributed by atoms with Crippen molar-refractivity contribution < 1.29 is 4.79 Å². The van der Waals surface area contributed by atoms with Crippen LogP contribution in [0.2, 0.25) is 0 Å². The van der Waals surface area contributed by atoms with Crippen molar-refractivity contribution in [3.05, 3.63) is 47.9 Å². The van der Waals surface area contributed by atoms with Crippen molar-refractivity contribution >= 4 is 28.4 Å². The summed E-state index contributed by atoms with van der Waals surface area (Å²) in [6.45, 7) is 1.31. The number of pyridine rings is 1.